The van der Waals surface area contributed by atoms with Crippen LogP contribution in [-0.4, -0.2) is 45.2 Å². The van der Waals surface area contributed by atoms with Crippen LogP contribution in [0.15, 0.2) is 0 Å². The monoisotopic (exact) mass is 269 g/mol. The van der Waals surface area contributed by atoms with Gasteiger partial charge in [0.1, 0.15) is 4.88 Å². The van der Waals surface area contributed by atoms with Gasteiger partial charge < -0.3 is 10.0 Å². The molecule has 1 amide bonds. The lowest BCUT2D eigenvalue weighted by Gasteiger charge is -2.19. The van der Waals surface area contributed by atoms with Crippen molar-refractivity contribution in [3.63, 3.8) is 0 Å². The molecule has 0 saturated carbocycles. The molecule has 0 bridgehead atoms. The molecule has 1 unspecified atom stereocenters. The molecule has 1 aromatic heterocycles. The number of likely N-dealkylation sites (tertiary alicyclic amines) is 1. The quantitative estimate of drug-likeness (QED) is 0.878. The number of aromatic nitrogens is 2. The van der Waals surface area contributed by atoms with Crippen LogP contribution in [0.1, 0.15) is 42.6 Å². The second kappa shape index (κ2) is 4.93. The maximum absolute atomic E-state index is 12.4. The summed E-state index contributed by atoms with van der Waals surface area (Å²) < 4.78 is 3.92. The zero-order valence-electron chi connectivity index (χ0n) is 11.0. The number of aliphatic hydroxyl groups is 1. The molecule has 1 saturated heterocycles. The Morgan fingerprint density at radius 3 is 2.83 bits per heavy atom. The highest BCUT2D eigenvalue weighted by molar-refractivity contribution is 7.08. The summed E-state index contributed by atoms with van der Waals surface area (Å²) in [6.45, 7) is 7.59. The van der Waals surface area contributed by atoms with Crippen molar-refractivity contribution in [1.82, 2.24) is 14.5 Å². The first kappa shape index (κ1) is 13.4. The third kappa shape index (κ3) is 2.54. The SMILES string of the molecule is CC(C)(C)c1nnsc1C(=O)N1CCC(CO)C1. The third-order valence-electron chi connectivity index (χ3n) is 3.22. The molecule has 0 radical (unpaired) electrons. The predicted octanol–water partition coefficient (Wildman–Crippen LogP) is 1.29. The summed E-state index contributed by atoms with van der Waals surface area (Å²) in [6, 6.07) is 0. The Labute approximate surface area is 111 Å². The van der Waals surface area contributed by atoms with Gasteiger partial charge in [-0.1, -0.05) is 25.3 Å². The van der Waals surface area contributed by atoms with Crippen molar-refractivity contribution in [1.29, 1.82) is 0 Å². The van der Waals surface area contributed by atoms with E-state index in [1.165, 1.54) is 11.5 Å². The highest BCUT2D eigenvalue weighted by Crippen LogP contribution is 2.28. The zero-order valence-corrected chi connectivity index (χ0v) is 11.8. The molecule has 5 nitrogen and oxygen atoms in total. The number of aliphatic hydroxyl groups excluding tert-OH is 1. The molecule has 18 heavy (non-hydrogen) atoms. The van der Waals surface area contributed by atoms with Gasteiger partial charge in [0.05, 0.1) is 5.69 Å². The zero-order chi connectivity index (χ0) is 13.3. The highest BCUT2D eigenvalue weighted by atomic mass is 32.1. The minimum absolute atomic E-state index is 0.00544. The maximum atomic E-state index is 12.4. The number of amides is 1. The van der Waals surface area contributed by atoms with Gasteiger partial charge in [-0.05, 0) is 18.0 Å². The van der Waals surface area contributed by atoms with E-state index in [-0.39, 0.29) is 23.8 Å². The van der Waals surface area contributed by atoms with Gasteiger partial charge in [0.2, 0.25) is 0 Å². The van der Waals surface area contributed by atoms with E-state index < -0.39 is 0 Å². The molecule has 1 aromatic rings. The van der Waals surface area contributed by atoms with Gasteiger partial charge >= 0.3 is 0 Å². The average Bonchev–Trinajstić information content (AvgIpc) is 2.96. The van der Waals surface area contributed by atoms with Crippen molar-refractivity contribution in [2.24, 2.45) is 5.92 Å². The van der Waals surface area contributed by atoms with Gasteiger partial charge in [0, 0.05) is 31.0 Å². The van der Waals surface area contributed by atoms with Crippen LogP contribution in [0.25, 0.3) is 0 Å². The van der Waals surface area contributed by atoms with Gasteiger partial charge in [-0.15, -0.1) is 5.10 Å². The highest BCUT2D eigenvalue weighted by Gasteiger charge is 2.32. The summed E-state index contributed by atoms with van der Waals surface area (Å²) in [6.07, 6.45) is 0.874. The van der Waals surface area contributed by atoms with Crippen molar-refractivity contribution in [2.75, 3.05) is 19.7 Å². The Kier molecular flexibility index (Phi) is 3.68. The maximum Gasteiger partial charge on any atom is 0.267 e. The summed E-state index contributed by atoms with van der Waals surface area (Å²) in [5.41, 5.74) is 0.596. The molecule has 0 spiro atoms. The van der Waals surface area contributed by atoms with Gasteiger partial charge in [-0.3, -0.25) is 4.79 Å². The molecule has 0 aliphatic carbocycles. The van der Waals surface area contributed by atoms with E-state index in [0.29, 0.717) is 18.0 Å². The Hall–Kier alpha value is -1.01. The minimum atomic E-state index is -0.173. The first-order valence-electron chi connectivity index (χ1n) is 6.16. The normalized spacial score (nSPS) is 20.4. The summed E-state index contributed by atoms with van der Waals surface area (Å²) in [5.74, 6) is 0.221. The predicted molar refractivity (Wildman–Crippen MR) is 69.7 cm³/mol. The lowest BCUT2D eigenvalue weighted by atomic mass is 9.91. The number of rotatable bonds is 2. The molecular weight excluding hydrogens is 250 g/mol. The molecule has 1 atom stereocenters. The van der Waals surface area contributed by atoms with Crippen LogP contribution >= 0.6 is 11.5 Å². The molecular formula is C12H19N3O2S. The van der Waals surface area contributed by atoms with Crippen LogP contribution in [0.5, 0.6) is 0 Å². The molecule has 0 aromatic carbocycles. The van der Waals surface area contributed by atoms with E-state index in [4.69, 9.17) is 5.11 Å². The van der Waals surface area contributed by atoms with Gasteiger partial charge in [0.15, 0.2) is 0 Å². The van der Waals surface area contributed by atoms with E-state index in [1.807, 2.05) is 20.8 Å². The molecule has 2 rings (SSSR count). The van der Waals surface area contributed by atoms with Crippen LogP contribution in [-0.2, 0) is 5.41 Å². The molecule has 1 aliphatic rings. The number of carbonyl (C=O) groups is 1. The van der Waals surface area contributed by atoms with Crippen molar-refractivity contribution >= 4 is 17.4 Å². The standard InChI is InChI=1S/C12H19N3O2S/c1-12(2,3)10-9(18-14-13-10)11(17)15-5-4-8(6-15)7-16/h8,16H,4-7H2,1-3H3. The lowest BCUT2D eigenvalue weighted by molar-refractivity contribution is 0.0784. The summed E-state index contributed by atoms with van der Waals surface area (Å²) in [4.78, 5) is 14.8. The van der Waals surface area contributed by atoms with E-state index in [0.717, 1.165) is 12.1 Å². The van der Waals surface area contributed by atoms with E-state index in [1.54, 1.807) is 4.90 Å². The Morgan fingerprint density at radius 2 is 2.28 bits per heavy atom. The molecule has 6 heteroatoms. The second-order valence-corrected chi connectivity index (χ2v) is 6.54. The fourth-order valence-corrected chi connectivity index (χ4v) is 2.98. The van der Waals surface area contributed by atoms with E-state index >= 15 is 0 Å². The van der Waals surface area contributed by atoms with Crippen LogP contribution < -0.4 is 0 Å². The van der Waals surface area contributed by atoms with Crippen molar-refractivity contribution < 1.29 is 9.90 Å². The first-order valence-corrected chi connectivity index (χ1v) is 6.93. The lowest BCUT2D eigenvalue weighted by Crippen LogP contribution is -2.30. The van der Waals surface area contributed by atoms with Crippen molar-refractivity contribution in [3.05, 3.63) is 10.6 Å². The Bertz CT molecular complexity index is 439. The Morgan fingerprint density at radius 1 is 1.56 bits per heavy atom. The minimum Gasteiger partial charge on any atom is -0.396 e. The average molecular weight is 269 g/mol. The number of nitrogens with zero attached hydrogens (tertiary/aromatic N) is 3. The molecule has 1 fully saturated rings. The topological polar surface area (TPSA) is 66.3 Å². The van der Waals surface area contributed by atoms with E-state index in [9.17, 15) is 4.79 Å². The van der Waals surface area contributed by atoms with Gasteiger partial charge in [-0.2, -0.15) is 0 Å². The number of carbonyl (C=O) groups excluding carboxylic acids is 1. The van der Waals surface area contributed by atoms with Crippen molar-refractivity contribution in [2.45, 2.75) is 32.6 Å². The van der Waals surface area contributed by atoms with E-state index in [2.05, 4.69) is 9.59 Å². The largest absolute Gasteiger partial charge is 0.396 e. The molecule has 1 N–H and O–H groups in total. The van der Waals surface area contributed by atoms with Gasteiger partial charge in [-0.25, -0.2) is 0 Å². The smallest absolute Gasteiger partial charge is 0.267 e. The fourth-order valence-electron chi connectivity index (χ4n) is 2.13. The molecule has 100 valence electrons. The summed E-state index contributed by atoms with van der Waals surface area (Å²) in [7, 11) is 0. The van der Waals surface area contributed by atoms with Crippen molar-refractivity contribution in [3.8, 4) is 0 Å². The molecule has 1 aliphatic heterocycles. The fraction of sp³-hybridized carbons (Fsp3) is 0.750. The van der Waals surface area contributed by atoms with Gasteiger partial charge in [0.25, 0.3) is 5.91 Å². The Balaban J connectivity index is 2.18. The second-order valence-electron chi connectivity index (χ2n) is 5.79. The first-order chi connectivity index (χ1) is 8.43. The van der Waals surface area contributed by atoms with Crippen LogP contribution in [0.2, 0.25) is 0 Å². The third-order valence-corrected chi connectivity index (χ3v) is 3.94. The number of hydrogen-bond acceptors (Lipinski definition) is 5. The summed E-state index contributed by atoms with van der Waals surface area (Å²) in [5, 5.41) is 13.2. The summed E-state index contributed by atoms with van der Waals surface area (Å²) >= 11 is 1.17. The van der Waals surface area contributed by atoms with Crippen LogP contribution in [0, 0.1) is 5.92 Å². The van der Waals surface area contributed by atoms with Crippen LogP contribution in [0.3, 0.4) is 0 Å². The molecule has 2 heterocycles. The number of hydrogen-bond donors (Lipinski definition) is 1. The van der Waals surface area contributed by atoms with Crippen LogP contribution in [0.4, 0.5) is 0 Å².